The minimum Gasteiger partial charge on any atom is -0.357 e. The molecule has 1 aliphatic heterocycles. The number of hydrogen-bond acceptors (Lipinski definition) is 3. The molecule has 144 valence electrons. The van der Waals surface area contributed by atoms with Gasteiger partial charge in [0, 0.05) is 29.1 Å². The summed E-state index contributed by atoms with van der Waals surface area (Å²) in [5.74, 6) is 0.0783. The number of nitrogens with one attached hydrogen (secondary N) is 1. The molecular weight excluding hydrogens is 372 g/mol. The van der Waals surface area contributed by atoms with E-state index in [0.717, 1.165) is 41.9 Å². The number of carbonyl (C=O) groups is 2. The first-order chi connectivity index (χ1) is 13.6. The van der Waals surface area contributed by atoms with E-state index < -0.39 is 6.04 Å². The molecule has 0 aromatic heterocycles. The number of carbonyl (C=O) groups excluding carboxylic acids is 2. The van der Waals surface area contributed by atoms with E-state index in [2.05, 4.69) is 5.32 Å². The van der Waals surface area contributed by atoms with Gasteiger partial charge < -0.3 is 5.32 Å². The summed E-state index contributed by atoms with van der Waals surface area (Å²) >= 11 is 6.57. The Balaban J connectivity index is 2.01. The molecule has 0 bridgehead atoms. The van der Waals surface area contributed by atoms with Crippen LogP contribution in [0, 0.1) is 0 Å². The van der Waals surface area contributed by atoms with Crippen molar-refractivity contribution in [2.75, 3.05) is 10.2 Å². The van der Waals surface area contributed by atoms with Crippen LogP contribution in [0.1, 0.15) is 50.6 Å². The van der Waals surface area contributed by atoms with E-state index in [4.69, 9.17) is 11.6 Å². The highest BCUT2D eigenvalue weighted by molar-refractivity contribution is 6.31. The zero-order valence-electron chi connectivity index (χ0n) is 15.9. The lowest BCUT2D eigenvalue weighted by atomic mass is 9.85. The van der Waals surface area contributed by atoms with Gasteiger partial charge in [0.25, 0.3) is 0 Å². The second kappa shape index (κ2) is 7.80. The maximum absolute atomic E-state index is 13.3. The number of halogens is 1. The minimum absolute atomic E-state index is 0.00575. The Hall–Kier alpha value is -2.59. The van der Waals surface area contributed by atoms with Crippen LogP contribution in [-0.2, 0) is 9.59 Å². The van der Waals surface area contributed by atoms with Crippen LogP contribution in [0.3, 0.4) is 0 Å². The third kappa shape index (κ3) is 3.22. The quantitative estimate of drug-likeness (QED) is 0.732. The Labute approximate surface area is 170 Å². The number of rotatable bonds is 3. The first kappa shape index (κ1) is 18.8. The number of fused-ring (bicyclic) bond motifs is 1. The first-order valence-electron chi connectivity index (χ1n) is 9.80. The summed E-state index contributed by atoms with van der Waals surface area (Å²) in [6.45, 7) is 1.99. The van der Waals surface area contributed by atoms with Crippen LogP contribution >= 0.6 is 11.6 Å². The molecule has 4 nitrogen and oxygen atoms in total. The van der Waals surface area contributed by atoms with Crippen molar-refractivity contribution in [1.82, 2.24) is 0 Å². The lowest BCUT2D eigenvalue weighted by Gasteiger charge is -2.34. The fraction of sp³-hybridized carbons (Fsp3) is 0.304. The Bertz CT molecular complexity index is 967. The Morgan fingerprint density at radius 2 is 1.89 bits per heavy atom. The fourth-order valence-electron chi connectivity index (χ4n) is 4.13. The van der Waals surface area contributed by atoms with Crippen LogP contribution in [0.4, 0.5) is 11.4 Å². The molecular formula is C23H23ClN2O2. The molecule has 2 aliphatic rings. The zero-order chi connectivity index (χ0) is 19.7. The van der Waals surface area contributed by atoms with Crippen LogP contribution < -0.4 is 10.2 Å². The third-order valence-electron chi connectivity index (χ3n) is 5.37. The van der Waals surface area contributed by atoms with E-state index in [1.807, 2.05) is 55.5 Å². The monoisotopic (exact) mass is 394 g/mol. The van der Waals surface area contributed by atoms with Gasteiger partial charge in [-0.05, 0) is 43.0 Å². The number of hydrogen-bond donors (Lipinski definition) is 1. The second-order valence-electron chi connectivity index (χ2n) is 7.25. The van der Waals surface area contributed by atoms with Gasteiger partial charge >= 0.3 is 0 Å². The predicted octanol–water partition coefficient (Wildman–Crippen LogP) is 5.65. The second-order valence-corrected chi connectivity index (χ2v) is 7.66. The normalized spacial score (nSPS) is 18.9. The summed E-state index contributed by atoms with van der Waals surface area (Å²) in [7, 11) is 0. The molecule has 1 atom stereocenters. The van der Waals surface area contributed by atoms with Gasteiger partial charge in [-0.25, -0.2) is 0 Å². The summed E-state index contributed by atoms with van der Waals surface area (Å²) in [4.78, 5) is 28.2. The lowest BCUT2D eigenvalue weighted by Crippen LogP contribution is -2.38. The van der Waals surface area contributed by atoms with Gasteiger partial charge in [-0.1, -0.05) is 48.9 Å². The maximum atomic E-state index is 13.3. The number of Topliss-reactive ketones (excluding diaryl/α,β-unsaturated/α-hetero) is 1. The summed E-state index contributed by atoms with van der Waals surface area (Å²) in [6, 6.07) is 14.7. The van der Waals surface area contributed by atoms with Crippen molar-refractivity contribution in [1.29, 1.82) is 0 Å². The van der Waals surface area contributed by atoms with Gasteiger partial charge in [0.1, 0.15) is 0 Å². The number of nitrogens with zero attached hydrogens (tertiary/aromatic N) is 1. The topological polar surface area (TPSA) is 49.4 Å². The molecule has 28 heavy (non-hydrogen) atoms. The number of amides is 1. The van der Waals surface area contributed by atoms with Gasteiger partial charge in [0.15, 0.2) is 5.78 Å². The van der Waals surface area contributed by atoms with E-state index in [1.165, 1.54) is 0 Å². The summed E-state index contributed by atoms with van der Waals surface area (Å²) in [5, 5.41) is 4.02. The molecule has 4 rings (SSSR count). The SMILES string of the molecule is CCCC(=O)N1c2ccccc2NC2=C(C(=O)CCC2)C1c1ccccc1Cl. The Kier molecular flexibility index (Phi) is 5.23. The number of ketones is 1. The summed E-state index contributed by atoms with van der Waals surface area (Å²) in [6.07, 6.45) is 3.23. The molecule has 2 aromatic carbocycles. The van der Waals surface area contributed by atoms with Crippen LogP contribution in [0.25, 0.3) is 0 Å². The maximum Gasteiger partial charge on any atom is 0.227 e. The fourth-order valence-corrected chi connectivity index (χ4v) is 4.37. The van der Waals surface area contributed by atoms with Crippen molar-refractivity contribution >= 4 is 34.7 Å². The van der Waals surface area contributed by atoms with Crippen molar-refractivity contribution in [2.24, 2.45) is 0 Å². The highest BCUT2D eigenvalue weighted by atomic mass is 35.5. The van der Waals surface area contributed by atoms with Crippen molar-refractivity contribution < 1.29 is 9.59 Å². The van der Waals surface area contributed by atoms with Gasteiger partial charge in [0.2, 0.25) is 5.91 Å². The van der Waals surface area contributed by atoms with E-state index in [0.29, 0.717) is 23.4 Å². The number of anilines is 2. The summed E-state index contributed by atoms with van der Waals surface area (Å²) in [5.41, 5.74) is 3.99. The lowest BCUT2D eigenvalue weighted by molar-refractivity contribution is -0.119. The molecule has 0 radical (unpaired) electrons. The van der Waals surface area contributed by atoms with Gasteiger partial charge in [-0.2, -0.15) is 0 Å². The third-order valence-corrected chi connectivity index (χ3v) is 5.71. The van der Waals surface area contributed by atoms with Crippen LogP contribution in [-0.4, -0.2) is 11.7 Å². The van der Waals surface area contributed by atoms with E-state index in [-0.39, 0.29) is 11.7 Å². The van der Waals surface area contributed by atoms with E-state index in [1.54, 1.807) is 4.90 Å². The highest BCUT2D eigenvalue weighted by Crippen LogP contribution is 2.46. The van der Waals surface area contributed by atoms with Crippen molar-refractivity contribution in [2.45, 2.75) is 45.1 Å². The molecule has 0 saturated heterocycles. The molecule has 1 amide bonds. The van der Waals surface area contributed by atoms with Crippen LogP contribution in [0.15, 0.2) is 59.8 Å². The molecule has 1 unspecified atom stereocenters. The Morgan fingerprint density at radius 1 is 1.14 bits per heavy atom. The molecule has 0 fully saturated rings. The van der Waals surface area contributed by atoms with Crippen LogP contribution in [0.5, 0.6) is 0 Å². The zero-order valence-corrected chi connectivity index (χ0v) is 16.6. The van der Waals surface area contributed by atoms with Crippen molar-refractivity contribution in [3.8, 4) is 0 Å². The standard InChI is InChI=1S/C23H23ClN2O2/c1-2-8-21(28)26-19-13-6-5-11-17(19)25-18-12-7-14-20(27)22(18)23(26)15-9-3-4-10-16(15)24/h3-6,9-11,13,23,25H,2,7-8,12,14H2,1H3. The molecule has 1 aliphatic carbocycles. The molecule has 2 aromatic rings. The number of para-hydroxylation sites is 2. The molecule has 1 heterocycles. The summed E-state index contributed by atoms with van der Waals surface area (Å²) < 4.78 is 0. The molecule has 1 N–H and O–H groups in total. The number of allylic oxidation sites excluding steroid dienone is 1. The van der Waals surface area contributed by atoms with E-state index >= 15 is 0 Å². The van der Waals surface area contributed by atoms with Gasteiger partial charge in [-0.15, -0.1) is 0 Å². The van der Waals surface area contributed by atoms with E-state index in [9.17, 15) is 9.59 Å². The van der Waals surface area contributed by atoms with Gasteiger partial charge in [-0.3, -0.25) is 14.5 Å². The van der Waals surface area contributed by atoms with Crippen LogP contribution in [0.2, 0.25) is 5.02 Å². The molecule has 5 heteroatoms. The van der Waals surface area contributed by atoms with Crippen molar-refractivity contribution in [3.05, 3.63) is 70.4 Å². The average molecular weight is 395 g/mol. The highest BCUT2D eigenvalue weighted by Gasteiger charge is 2.39. The molecule has 0 saturated carbocycles. The van der Waals surface area contributed by atoms with Crippen molar-refractivity contribution in [3.63, 3.8) is 0 Å². The smallest absolute Gasteiger partial charge is 0.227 e. The first-order valence-corrected chi connectivity index (χ1v) is 10.2. The molecule has 0 spiro atoms. The average Bonchev–Trinajstić information content (AvgIpc) is 2.83. The van der Waals surface area contributed by atoms with Gasteiger partial charge in [0.05, 0.1) is 17.4 Å². The Morgan fingerprint density at radius 3 is 2.68 bits per heavy atom. The largest absolute Gasteiger partial charge is 0.357 e. The number of benzene rings is 2. The predicted molar refractivity (Wildman–Crippen MR) is 113 cm³/mol. The minimum atomic E-state index is -0.522.